The molecule has 59 heavy (non-hydrogen) atoms. The number of rotatable bonds is 22. The predicted molar refractivity (Wildman–Crippen MR) is 237 cm³/mol. The van der Waals surface area contributed by atoms with Gasteiger partial charge in [0.1, 0.15) is 24.1 Å². The van der Waals surface area contributed by atoms with Crippen molar-refractivity contribution in [2.45, 2.75) is 99.0 Å². The van der Waals surface area contributed by atoms with Gasteiger partial charge in [0.2, 0.25) is 0 Å². The van der Waals surface area contributed by atoms with Crippen LogP contribution < -0.4 is 15.5 Å². The van der Waals surface area contributed by atoms with Gasteiger partial charge in [0.05, 0.1) is 30.6 Å². The Bertz CT molecular complexity index is 2100. The lowest BCUT2D eigenvalue weighted by Gasteiger charge is -2.21. The van der Waals surface area contributed by atoms with Crippen LogP contribution in [0.5, 0.6) is 0 Å². The average molecular weight is 804 g/mol. The standard InChI is InChI=1S/C47H61N7O5/c1-7-8-9-12-30-59-47(57)52-45(48)37-20-23-39(24-21-37)50-33-43-51-40-32-38(22-25-41(40)53(43)6)46(56)54(42-19-10-11-28-49-42)29-26-44(55)58-31-27-36(5)18-14-17-35(4)16-13-15-34(2)3/h10-11,15,17,19-25,27-28,32,50H,7-9,12-14,16,18,26,29-31,33H2,1-6H3,(H2,48,52,57)/b35-17+,36-27+. The van der Waals surface area contributed by atoms with Crippen LogP contribution in [0.3, 0.4) is 0 Å². The van der Waals surface area contributed by atoms with Gasteiger partial charge < -0.3 is 19.4 Å². The molecule has 0 aliphatic rings. The number of hydrogen-bond acceptors (Lipinski definition) is 9. The summed E-state index contributed by atoms with van der Waals surface area (Å²) in [6.45, 7) is 11.6. The van der Waals surface area contributed by atoms with Crippen LogP contribution >= 0.6 is 0 Å². The van der Waals surface area contributed by atoms with Crippen LogP contribution in [0.2, 0.25) is 0 Å². The van der Waals surface area contributed by atoms with Gasteiger partial charge in [-0.25, -0.2) is 14.8 Å². The highest BCUT2D eigenvalue weighted by atomic mass is 16.5. The Morgan fingerprint density at radius 3 is 2.29 bits per heavy atom. The van der Waals surface area contributed by atoms with Crippen molar-refractivity contribution in [3.8, 4) is 0 Å². The number of imidazole rings is 1. The van der Waals surface area contributed by atoms with Gasteiger partial charge in [-0.1, -0.05) is 61.1 Å². The summed E-state index contributed by atoms with van der Waals surface area (Å²) < 4.78 is 12.7. The number of carbonyl (C=O) groups is 3. The Hall–Kier alpha value is -6.04. The van der Waals surface area contributed by atoms with Gasteiger partial charge in [-0.15, -0.1) is 0 Å². The Morgan fingerprint density at radius 2 is 1.58 bits per heavy atom. The Balaban J connectivity index is 1.31. The van der Waals surface area contributed by atoms with E-state index in [4.69, 9.17) is 19.9 Å². The summed E-state index contributed by atoms with van der Waals surface area (Å²) in [6, 6.07) is 17.9. The van der Waals surface area contributed by atoms with Crippen LogP contribution in [0, 0.1) is 5.41 Å². The molecule has 12 heteroatoms. The first kappa shape index (κ1) is 45.7. The number of alkyl carbamates (subject to hydrolysis) is 1. The maximum atomic E-state index is 14.0. The smallest absolute Gasteiger partial charge is 0.412 e. The van der Waals surface area contributed by atoms with Gasteiger partial charge in [-0.05, 0) is 120 Å². The summed E-state index contributed by atoms with van der Waals surface area (Å²) >= 11 is 0. The molecule has 2 aromatic heterocycles. The summed E-state index contributed by atoms with van der Waals surface area (Å²) in [7, 11) is 1.92. The number of allylic oxidation sites excluding steroid dienone is 5. The van der Waals surface area contributed by atoms with Crippen molar-refractivity contribution in [2.24, 2.45) is 7.05 Å². The van der Waals surface area contributed by atoms with E-state index in [0.717, 1.165) is 74.0 Å². The number of carbonyl (C=O) groups excluding carboxylic acids is 3. The molecule has 0 saturated carbocycles. The van der Waals surface area contributed by atoms with Gasteiger partial charge in [-0.3, -0.25) is 25.2 Å². The number of nitrogens with one attached hydrogen (secondary N) is 3. The molecule has 0 spiro atoms. The van der Waals surface area contributed by atoms with E-state index in [-0.39, 0.29) is 31.3 Å². The molecule has 0 fully saturated rings. The third-order valence-corrected chi connectivity index (χ3v) is 9.81. The molecule has 0 bridgehead atoms. The van der Waals surface area contributed by atoms with Crippen molar-refractivity contribution in [2.75, 3.05) is 30.0 Å². The van der Waals surface area contributed by atoms with Crippen molar-refractivity contribution in [3.05, 3.63) is 119 Å². The second-order valence-electron chi connectivity index (χ2n) is 15.0. The minimum Gasteiger partial charge on any atom is -0.461 e. The largest absolute Gasteiger partial charge is 0.461 e. The number of aryl methyl sites for hydroxylation is 1. The zero-order valence-corrected chi connectivity index (χ0v) is 35.6. The number of esters is 1. The summed E-state index contributed by atoms with van der Waals surface area (Å²) in [5, 5.41) is 14.1. The molecule has 2 aromatic carbocycles. The van der Waals surface area contributed by atoms with E-state index in [0.29, 0.717) is 35.6 Å². The number of aromatic nitrogens is 3. The SMILES string of the molecule is CCCCCCOC(=O)NC(=N)c1ccc(NCc2nc3cc(C(=O)N(CCC(=O)OC/C=C(\C)CC/C=C(\C)CCC=C(C)C)c4ccccn4)ccc3n2C)cc1. The lowest BCUT2D eigenvalue weighted by atomic mass is 10.1. The van der Waals surface area contributed by atoms with E-state index in [2.05, 4.69) is 55.5 Å². The zero-order chi connectivity index (χ0) is 42.6. The van der Waals surface area contributed by atoms with Crippen LogP contribution in [-0.4, -0.2) is 58.1 Å². The number of anilines is 2. The number of pyridine rings is 1. The van der Waals surface area contributed by atoms with E-state index < -0.39 is 12.1 Å². The van der Waals surface area contributed by atoms with E-state index in [1.807, 2.05) is 42.8 Å². The molecule has 0 radical (unpaired) electrons. The number of fused-ring (bicyclic) bond motifs is 1. The third kappa shape index (κ3) is 15.3. The number of benzene rings is 2. The normalized spacial score (nSPS) is 11.6. The molecule has 0 atom stereocenters. The molecule has 3 N–H and O–H groups in total. The van der Waals surface area contributed by atoms with Crippen LogP contribution in [0.1, 0.15) is 114 Å². The second kappa shape index (κ2) is 24.0. The monoisotopic (exact) mass is 803 g/mol. The maximum Gasteiger partial charge on any atom is 0.412 e. The first-order valence-electron chi connectivity index (χ1n) is 20.6. The van der Waals surface area contributed by atoms with Crippen molar-refractivity contribution < 1.29 is 23.9 Å². The van der Waals surface area contributed by atoms with Gasteiger partial charge in [0, 0.05) is 36.6 Å². The zero-order valence-electron chi connectivity index (χ0n) is 35.6. The molecule has 0 saturated heterocycles. The molecule has 0 aliphatic heterocycles. The van der Waals surface area contributed by atoms with E-state index in [9.17, 15) is 14.4 Å². The summed E-state index contributed by atoms with van der Waals surface area (Å²) in [6.07, 6.45) is 15.5. The Kier molecular flexibility index (Phi) is 18.6. The molecule has 4 aromatic rings. The van der Waals surface area contributed by atoms with E-state index in [1.54, 1.807) is 48.7 Å². The fraction of sp³-hybridized carbons (Fsp3) is 0.404. The number of amidine groups is 1. The molecule has 2 heterocycles. The number of amides is 2. The molecule has 2 amide bonds. The van der Waals surface area contributed by atoms with Gasteiger partial charge in [0.15, 0.2) is 0 Å². The van der Waals surface area contributed by atoms with Gasteiger partial charge in [0.25, 0.3) is 5.91 Å². The third-order valence-electron chi connectivity index (χ3n) is 9.81. The highest BCUT2D eigenvalue weighted by Gasteiger charge is 2.22. The Morgan fingerprint density at radius 1 is 0.847 bits per heavy atom. The second-order valence-corrected chi connectivity index (χ2v) is 15.0. The minimum atomic E-state index is -0.630. The topological polar surface area (TPSA) is 152 Å². The molecule has 0 unspecified atom stereocenters. The van der Waals surface area contributed by atoms with Gasteiger partial charge >= 0.3 is 12.1 Å². The van der Waals surface area contributed by atoms with Crippen molar-refractivity contribution >= 4 is 46.3 Å². The molecule has 4 rings (SSSR count). The van der Waals surface area contributed by atoms with E-state index >= 15 is 0 Å². The predicted octanol–water partition coefficient (Wildman–Crippen LogP) is 10.2. The lowest BCUT2D eigenvalue weighted by Crippen LogP contribution is -2.34. The first-order chi connectivity index (χ1) is 28.4. The van der Waals surface area contributed by atoms with Gasteiger partial charge in [-0.2, -0.15) is 0 Å². The summed E-state index contributed by atoms with van der Waals surface area (Å²) in [5.41, 5.74) is 7.17. The molecule has 0 aliphatic carbocycles. The van der Waals surface area contributed by atoms with Crippen LogP contribution in [0.15, 0.2) is 102 Å². The van der Waals surface area contributed by atoms with E-state index in [1.165, 1.54) is 16.0 Å². The molecular weight excluding hydrogens is 743 g/mol. The summed E-state index contributed by atoms with van der Waals surface area (Å²) in [5.74, 6) is 0.453. The molecular formula is C47H61N7O5. The molecule has 314 valence electrons. The average Bonchev–Trinajstić information content (AvgIpc) is 3.54. The quantitative estimate of drug-likeness (QED) is 0.0234. The number of ether oxygens (including phenoxy) is 2. The summed E-state index contributed by atoms with van der Waals surface area (Å²) in [4.78, 5) is 49.6. The highest BCUT2D eigenvalue weighted by Crippen LogP contribution is 2.22. The fourth-order valence-electron chi connectivity index (χ4n) is 6.26. The first-order valence-corrected chi connectivity index (χ1v) is 20.6. The highest BCUT2D eigenvalue weighted by molar-refractivity contribution is 6.07. The maximum absolute atomic E-state index is 14.0. The van der Waals surface area contributed by atoms with Crippen LogP contribution in [0.4, 0.5) is 16.3 Å². The fourth-order valence-corrected chi connectivity index (χ4v) is 6.26. The number of hydrogen-bond donors (Lipinski definition) is 3. The van der Waals surface area contributed by atoms with Crippen molar-refractivity contribution in [1.29, 1.82) is 5.41 Å². The van der Waals surface area contributed by atoms with Crippen LogP contribution in [-0.2, 0) is 27.9 Å². The minimum absolute atomic E-state index is 0.00875. The van der Waals surface area contributed by atoms with Crippen LogP contribution in [0.25, 0.3) is 11.0 Å². The number of nitrogens with zero attached hydrogens (tertiary/aromatic N) is 4. The lowest BCUT2D eigenvalue weighted by molar-refractivity contribution is -0.142. The van der Waals surface area contributed by atoms with Crippen molar-refractivity contribution in [3.63, 3.8) is 0 Å². The van der Waals surface area contributed by atoms with Crippen molar-refractivity contribution in [1.82, 2.24) is 19.9 Å². The Labute approximate surface area is 349 Å². The molecule has 12 nitrogen and oxygen atoms in total. The number of unbranched alkanes of at least 4 members (excludes halogenated alkanes) is 3.